The van der Waals surface area contributed by atoms with Gasteiger partial charge in [0, 0.05) is 11.5 Å². The lowest BCUT2D eigenvalue weighted by atomic mass is 10.2. The average Bonchev–Trinajstić information content (AvgIpc) is 2.68. The van der Waals surface area contributed by atoms with Crippen molar-refractivity contribution in [2.75, 3.05) is 0 Å². The van der Waals surface area contributed by atoms with Gasteiger partial charge < -0.3 is 4.52 Å². The van der Waals surface area contributed by atoms with E-state index in [2.05, 4.69) is 10.1 Å². The van der Waals surface area contributed by atoms with Gasteiger partial charge in [0.25, 0.3) is 5.89 Å². The van der Waals surface area contributed by atoms with Crippen molar-refractivity contribution in [3.63, 3.8) is 0 Å². The molecular formula is C11H11FN2O. The van der Waals surface area contributed by atoms with Gasteiger partial charge in [-0.15, -0.1) is 0 Å². The summed E-state index contributed by atoms with van der Waals surface area (Å²) in [6.07, 6.45) is 0. The van der Waals surface area contributed by atoms with Gasteiger partial charge in [0.1, 0.15) is 5.82 Å². The summed E-state index contributed by atoms with van der Waals surface area (Å²) in [6.45, 7) is 3.97. The van der Waals surface area contributed by atoms with Crippen LogP contribution in [-0.4, -0.2) is 10.1 Å². The van der Waals surface area contributed by atoms with Gasteiger partial charge in [-0.1, -0.05) is 19.0 Å². The first-order valence-electron chi connectivity index (χ1n) is 4.76. The van der Waals surface area contributed by atoms with Crippen molar-refractivity contribution in [2.45, 2.75) is 19.8 Å². The second-order valence-corrected chi connectivity index (χ2v) is 3.62. The Kier molecular flexibility index (Phi) is 2.49. The molecule has 0 atom stereocenters. The maximum Gasteiger partial charge on any atom is 0.257 e. The molecule has 0 aliphatic carbocycles. The molecule has 2 aromatic rings. The van der Waals surface area contributed by atoms with Crippen molar-refractivity contribution in [3.05, 3.63) is 35.9 Å². The van der Waals surface area contributed by atoms with Gasteiger partial charge in [-0.05, 0) is 24.3 Å². The second-order valence-electron chi connectivity index (χ2n) is 3.62. The predicted molar refractivity (Wildman–Crippen MR) is 53.8 cm³/mol. The molecule has 0 N–H and O–H groups in total. The minimum atomic E-state index is -0.276. The third-order valence-corrected chi connectivity index (χ3v) is 2.05. The maximum atomic E-state index is 12.7. The molecule has 0 aliphatic rings. The van der Waals surface area contributed by atoms with E-state index >= 15 is 0 Å². The van der Waals surface area contributed by atoms with Crippen LogP contribution >= 0.6 is 0 Å². The van der Waals surface area contributed by atoms with Crippen LogP contribution in [0.5, 0.6) is 0 Å². The van der Waals surface area contributed by atoms with Crippen LogP contribution in [0.4, 0.5) is 4.39 Å². The normalized spacial score (nSPS) is 10.9. The topological polar surface area (TPSA) is 38.9 Å². The molecule has 1 heterocycles. The third-order valence-electron chi connectivity index (χ3n) is 2.05. The minimum Gasteiger partial charge on any atom is -0.334 e. The molecule has 0 aliphatic heterocycles. The fourth-order valence-corrected chi connectivity index (χ4v) is 1.18. The molecular weight excluding hydrogens is 195 g/mol. The minimum absolute atomic E-state index is 0.225. The van der Waals surface area contributed by atoms with Gasteiger partial charge in [0.2, 0.25) is 0 Å². The Balaban J connectivity index is 2.33. The summed E-state index contributed by atoms with van der Waals surface area (Å²) < 4.78 is 17.7. The molecule has 1 aromatic heterocycles. The highest BCUT2D eigenvalue weighted by Gasteiger charge is 2.10. The van der Waals surface area contributed by atoms with Crippen molar-refractivity contribution < 1.29 is 8.91 Å². The van der Waals surface area contributed by atoms with Crippen LogP contribution < -0.4 is 0 Å². The first-order valence-corrected chi connectivity index (χ1v) is 4.76. The second kappa shape index (κ2) is 3.81. The molecule has 0 saturated heterocycles. The number of hydrogen-bond donors (Lipinski definition) is 0. The Hall–Kier alpha value is -1.71. The quantitative estimate of drug-likeness (QED) is 0.758. The zero-order chi connectivity index (χ0) is 10.8. The van der Waals surface area contributed by atoms with E-state index in [1.165, 1.54) is 12.1 Å². The van der Waals surface area contributed by atoms with E-state index in [4.69, 9.17) is 4.52 Å². The summed E-state index contributed by atoms with van der Waals surface area (Å²) in [5, 5.41) is 3.83. The van der Waals surface area contributed by atoms with Crippen molar-refractivity contribution in [1.82, 2.24) is 10.1 Å². The highest BCUT2D eigenvalue weighted by molar-refractivity contribution is 5.52. The third kappa shape index (κ3) is 2.03. The summed E-state index contributed by atoms with van der Waals surface area (Å²) in [6, 6.07) is 5.98. The Morgan fingerprint density at radius 2 is 1.87 bits per heavy atom. The molecule has 0 bridgehead atoms. The van der Waals surface area contributed by atoms with Gasteiger partial charge in [-0.25, -0.2) is 4.39 Å². The van der Waals surface area contributed by atoms with Crippen molar-refractivity contribution >= 4 is 0 Å². The Morgan fingerprint density at radius 1 is 1.20 bits per heavy atom. The lowest BCUT2D eigenvalue weighted by Crippen LogP contribution is -1.89. The van der Waals surface area contributed by atoms with E-state index in [1.54, 1.807) is 12.1 Å². The number of nitrogens with zero attached hydrogens (tertiary/aromatic N) is 2. The summed E-state index contributed by atoms with van der Waals surface area (Å²) in [7, 11) is 0. The molecule has 0 amide bonds. The van der Waals surface area contributed by atoms with E-state index < -0.39 is 0 Å². The van der Waals surface area contributed by atoms with Gasteiger partial charge in [0.15, 0.2) is 5.82 Å². The summed E-state index contributed by atoms with van der Waals surface area (Å²) in [5.74, 6) is 1.04. The lowest BCUT2D eigenvalue weighted by molar-refractivity contribution is 0.419. The van der Waals surface area contributed by atoms with Gasteiger partial charge in [-0.2, -0.15) is 4.98 Å². The van der Waals surface area contributed by atoms with Gasteiger partial charge in [-0.3, -0.25) is 0 Å². The van der Waals surface area contributed by atoms with E-state index in [1.807, 2.05) is 13.8 Å². The van der Waals surface area contributed by atoms with Crippen LogP contribution in [0.3, 0.4) is 0 Å². The molecule has 0 unspecified atom stereocenters. The van der Waals surface area contributed by atoms with Crippen LogP contribution in [0.25, 0.3) is 11.5 Å². The highest BCUT2D eigenvalue weighted by atomic mass is 19.1. The number of aromatic nitrogens is 2. The van der Waals surface area contributed by atoms with E-state index in [9.17, 15) is 4.39 Å². The van der Waals surface area contributed by atoms with E-state index in [0.29, 0.717) is 11.7 Å². The van der Waals surface area contributed by atoms with E-state index in [0.717, 1.165) is 5.56 Å². The van der Waals surface area contributed by atoms with Gasteiger partial charge >= 0.3 is 0 Å². The number of rotatable bonds is 2. The SMILES string of the molecule is CC(C)c1noc(-c2ccc(F)cc2)n1. The zero-order valence-electron chi connectivity index (χ0n) is 8.57. The fraction of sp³-hybridized carbons (Fsp3) is 0.273. The van der Waals surface area contributed by atoms with Crippen molar-refractivity contribution in [2.24, 2.45) is 0 Å². The molecule has 4 heteroatoms. The number of hydrogen-bond acceptors (Lipinski definition) is 3. The number of benzene rings is 1. The maximum absolute atomic E-state index is 12.7. The monoisotopic (exact) mass is 206 g/mol. The molecule has 0 saturated carbocycles. The molecule has 78 valence electrons. The average molecular weight is 206 g/mol. The molecule has 0 spiro atoms. The predicted octanol–water partition coefficient (Wildman–Crippen LogP) is 3.00. The molecule has 0 radical (unpaired) electrons. The fourth-order valence-electron chi connectivity index (χ4n) is 1.18. The van der Waals surface area contributed by atoms with Crippen LogP contribution in [-0.2, 0) is 0 Å². The van der Waals surface area contributed by atoms with Crippen LogP contribution in [0, 0.1) is 5.82 Å². The molecule has 15 heavy (non-hydrogen) atoms. The van der Waals surface area contributed by atoms with E-state index in [-0.39, 0.29) is 11.7 Å². The molecule has 3 nitrogen and oxygen atoms in total. The van der Waals surface area contributed by atoms with Crippen LogP contribution in [0.2, 0.25) is 0 Å². The largest absolute Gasteiger partial charge is 0.334 e. The molecule has 2 rings (SSSR count). The first kappa shape index (κ1) is 9.83. The standard InChI is InChI=1S/C11H11FN2O/c1-7(2)10-13-11(15-14-10)8-3-5-9(12)6-4-8/h3-7H,1-2H3. The summed E-state index contributed by atoms with van der Waals surface area (Å²) >= 11 is 0. The summed E-state index contributed by atoms with van der Waals surface area (Å²) in [4.78, 5) is 4.21. The van der Waals surface area contributed by atoms with Crippen molar-refractivity contribution in [3.8, 4) is 11.5 Å². The Bertz CT molecular complexity index is 448. The van der Waals surface area contributed by atoms with Crippen LogP contribution in [0.15, 0.2) is 28.8 Å². The Morgan fingerprint density at radius 3 is 2.40 bits per heavy atom. The molecule has 0 fully saturated rings. The highest BCUT2D eigenvalue weighted by Crippen LogP contribution is 2.19. The zero-order valence-corrected chi connectivity index (χ0v) is 8.57. The lowest BCUT2D eigenvalue weighted by Gasteiger charge is -1.93. The Labute approximate surface area is 86.9 Å². The number of halogens is 1. The smallest absolute Gasteiger partial charge is 0.257 e. The van der Waals surface area contributed by atoms with Gasteiger partial charge in [0.05, 0.1) is 0 Å². The first-order chi connectivity index (χ1) is 7.16. The van der Waals surface area contributed by atoms with Crippen molar-refractivity contribution in [1.29, 1.82) is 0 Å². The van der Waals surface area contributed by atoms with Crippen LogP contribution in [0.1, 0.15) is 25.6 Å². The molecule has 1 aromatic carbocycles. The summed E-state index contributed by atoms with van der Waals surface area (Å²) in [5.41, 5.74) is 0.732.